The third kappa shape index (κ3) is 3.85. The lowest BCUT2D eigenvalue weighted by Gasteiger charge is -2.04. The quantitative estimate of drug-likeness (QED) is 0.840. The highest BCUT2D eigenvalue weighted by molar-refractivity contribution is 7.12. The Morgan fingerprint density at radius 1 is 1.20 bits per heavy atom. The van der Waals surface area contributed by atoms with Crippen molar-refractivity contribution in [3.05, 3.63) is 51.7 Å². The summed E-state index contributed by atoms with van der Waals surface area (Å²) in [6.45, 7) is 0.820. The van der Waals surface area contributed by atoms with Crippen molar-refractivity contribution in [3.8, 4) is 17.6 Å². The molecule has 0 saturated carbocycles. The number of primary amides is 1. The first-order valence-electron chi connectivity index (χ1n) is 5.99. The molecule has 4 N–H and O–H groups in total. The Morgan fingerprint density at radius 2 is 1.95 bits per heavy atom. The van der Waals surface area contributed by atoms with Crippen LogP contribution in [0, 0.1) is 11.8 Å². The van der Waals surface area contributed by atoms with Crippen LogP contribution < -0.4 is 16.2 Å². The summed E-state index contributed by atoms with van der Waals surface area (Å²) in [5, 5.41) is 0. The van der Waals surface area contributed by atoms with E-state index in [2.05, 4.69) is 11.8 Å². The average molecular weight is 286 g/mol. The van der Waals surface area contributed by atoms with Crippen LogP contribution in [-0.4, -0.2) is 12.5 Å². The summed E-state index contributed by atoms with van der Waals surface area (Å²) in [5.41, 5.74) is 11.0. The van der Waals surface area contributed by atoms with E-state index in [1.165, 1.54) is 0 Å². The molecule has 0 aliphatic heterocycles. The van der Waals surface area contributed by atoms with Gasteiger partial charge >= 0.3 is 0 Å². The number of ether oxygens (including phenoxy) is 1. The van der Waals surface area contributed by atoms with Crippen LogP contribution in [0.25, 0.3) is 0 Å². The first kappa shape index (κ1) is 14.1. The van der Waals surface area contributed by atoms with Crippen molar-refractivity contribution >= 4 is 17.2 Å². The summed E-state index contributed by atoms with van der Waals surface area (Å²) < 4.78 is 5.63. The molecular formula is C15H14N2O2S. The Hall–Kier alpha value is -2.29. The molecule has 2 aromatic rings. The smallest absolute Gasteiger partial charge is 0.248 e. The van der Waals surface area contributed by atoms with Crippen LogP contribution >= 0.6 is 11.3 Å². The van der Waals surface area contributed by atoms with Gasteiger partial charge in [-0.05, 0) is 36.4 Å². The SMILES string of the molecule is NCC#Cc1ccc(COc2ccc(C(N)=O)cc2)s1. The summed E-state index contributed by atoms with van der Waals surface area (Å²) in [7, 11) is 0. The Morgan fingerprint density at radius 3 is 2.60 bits per heavy atom. The molecule has 0 aliphatic rings. The van der Waals surface area contributed by atoms with Gasteiger partial charge in [0.05, 0.1) is 11.4 Å². The summed E-state index contributed by atoms with van der Waals surface area (Å²) >= 11 is 1.57. The minimum absolute atomic E-state index is 0.357. The molecule has 5 heteroatoms. The number of carbonyl (C=O) groups is 1. The number of hydrogen-bond donors (Lipinski definition) is 2. The van der Waals surface area contributed by atoms with Crippen molar-refractivity contribution < 1.29 is 9.53 Å². The van der Waals surface area contributed by atoms with Gasteiger partial charge in [0.25, 0.3) is 0 Å². The van der Waals surface area contributed by atoms with Gasteiger partial charge in [-0.15, -0.1) is 11.3 Å². The Kier molecular flexibility index (Phi) is 4.77. The number of thiophene rings is 1. The molecule has 1 aromatic heterocycles. The lowest BCUT2D eigenvalue weighted by molar-refractivity contribution is 0.100. The van der Waals surface area contributed by atoms with Gasteiger partial charge in [-0.1, -0.05) is 11.8 Å². The second kappa shape index (κ2) is 6.75. The fourth-order valence-corrected chi connectivity index (χ4v) is 2.33. The highest BCUT2D eigenvalue weighted by atomic mass is 32.1. The molecule has 0 unspecified atom stereocenters. The third-order valence-electron chi connectivity index (χ3n) is 2.50. The van der Waals surface area contributed by atoms with E-state index >= 15 is 0 Å². The van der Waals surface area contributed by atoms with Gasteiger partial charge in [0.15, 0.2) is 0 Å². The highest BCUT2D eigenvalue weighted by Gasteiger charge is 2.02. The van der Waals surface area contributed by atoms with Crippen LogP contribution in [0.15, 0.2) is 36.4 Å². The molecule has 0 bridgehead atoms. The second-order valence-corrected chi connectivity index (χ2v) is 5.12. The number of hydrogen-bond acceptors (Lipinski definition) is 4. The van der Waals surface area contributed by atoms with Crippen LogP contribution in [-0.2, 0) is 6.61 Å². The van der Waals surface area contributed by atoms with Crippen LogP contribution in [0.5, 0.6) is 5.75 Å². The lowest BCUT2D eigenvalue weighted by atomic mass is 10.2. The van der Waals surface area contributed by atoms with E-state index in [1.54, 1.807) is 35.6 Å². The second-order valence-electron chi connectivity index (χ2n) is 3.95. The van der Waals surface area contributed by atoms with E-state index in [4.69, 9.17) is 16.2 Å². The van der Waals surface area contributed by atoms with E-state index in [9.17, 15) is 4.79 Å². The number of nitrogens with two attached hydrogens (primary N) is 2. The molecule has 20 heavy (non-hydrogen) atoms. The monoisotopic (exact) mass is 286 g/mol. The third-order valence-corrected chi connectivity index (χ3v) is 3.47. The molecule has 2 rings (SSSR count). The normalized spacial score (nSPS) is 9.65. The molecule has 0 atom stereocenters. The lowest BCUT2D eigenvalue weighted by Crippen LogP contribution is -2.10. The standard InChI is InChI=1S/C15H14N2O2S/c16-9-1-2-13-7-8-14(20-13)10-19-12-5-3-11(4-6-12)15(17)18/h3-8H,9-10,16H2,(H2,17,18). The maximum Gasteiger partial charge on any atom is 0.248 e. The predicted octanol–water partition coefficient (Wildman–Crippen LogP) is 1.74. The summed E-state index contributed by atoms with van der Waals surface area (Å²) in [5.74, 6) is 6.04. The number of amides is 1. The molecule has 0 spiro atoms. The predicted molar refractivity (Wildman–Crippen MR) is 79.5 cm³/mol. The number of benzene rings is 1. The van der Waals surface area contributed by atoms with Gasteiger partial charge in [-0.25, -0.2) is 0 Å². The van der Waals surface area contributed by atoms with Gasteiger partial charge in [0.2, 0.25) is 5.91 Å². The van der Waals surface area contributed by atoms with Crippen LogP contribution in [0.3, 0.4) is 0 Å². The topological polar surface area (TPSA) is 78.3 Å². The molecule has 1 heterocycles. The van der Waals surface area contributed by atoms with E-state index in [1.807, 2.05) is 12.1 Å². The average Bonchev–Trinajstić information content (AvgIpc) is 2.91. The molecule has 1 aromatic carbocycles. The van der Waals surface area contributed by atoms with Crippen molar-refractivity contribution in [2.24, 2.45) is 11.5 Å². The maximum absolute atomic E-state index is 10.9. The van der Waals surface area contributed by atoms with Gasteiger partial charge in [0.1, 0.15) is 12.4 Å². The minimum atomic E-state index is -0.446. The first-order chi connectivity index (χ1) is 9.69. The Bertz CT molecular complexity index is 651. The van der Waals surface area contributed by atoms with E-state index in [0.29, 0.717) is 24.5 Å². The van der Waals surface area contributed by atoms with Gasteiger partial charge in [-0.3, -0.25) is 4.79 Å². The number of rotatable bonds is 4. The zero-order chi connectivity index (χ0) is 14.4. The van der Waals surface area contributed by atoms with Gasteiger partial charge in [0, 0.05) is 10.4 Å². The molecule has 0 aliphatic carbocycles. The Labute approximate surface area is 121 Å². The van der Waals surface area contributed by atoms with E-state index in [-0.39, 0.29) is 0 Å². The zero-order valence-corrected chi connectivity index (χ0v) is 11.6. The minimum Gasteiger partial charge on any atom is -0.488 e. The summed E-state index contributed by atoms with van der Waals surface area (Å²) in [6, 6.07) is 10.7. The molecular weight excluding hydrogens is 272 g/mol. The van der Waals surface area contributed by atoms with Crippen LogP contribution in [0.1, 0.15) is 20.1 Å². The Balaban J connectivity index is 1.94. The zero-order valence-electron chi connectivity index (χ0n) is 10.8. The number of carbonyl (C=O) groups excluding carboxylic acids is 1. The van der Waals surface area contributed by atoms with Gasteiger partial charge < -0.3 is 16.2 Å². The van der Waals surface area contributed by atoms with E-state index in [0.717, 1.165) is 9.75 Å². The summed E-state index contributed by atoms with van der Waals surface area (Å²) in [6.07, 6.45) is 0. The molecule has 0 radical (unpaired) electrons. The van der Waals surface area contributed by atoms with Crippen molar-refractivity contribution in [3.63, 3.8) is 0 Å². The van der Waals surface area contributed by atoms with E-state index < -0.39 is 5.91 Å². The van der Waals surface area contributed by atoms with Crippen molar-refractivity contribution in [2.75, 3.05) is 6.54 Å². The van der Waals surface area contributed by atoms with Crippen LogP contribution in [0.4, 0.5) is 0 Å². The molecule has 1 amide bonds. The highest BCUT2D eigenvalue weighted by Crippen LogP contribution is 2.19. The van der Waals surface area contributed by atoms with Crippen molar-refractivity contribution in [2.45, 2.75) is 6.61 Å². The fraction of sp³-hybridized carbons (Fsp3) is 0.133. The molecule has 102 valence electrons. The summed E-state index contributed by atoms with van der Waals surface area (Å²) in [4.78, 5) is 13.0. The first-order valence-corrected chi connectivity index (χ1v) is 6.81. The molecule has 0 fully saturated rings. The van der Waals surface area contributed by atoms with Crippen molar-refractivity contribution in [1.29, 1.82) is 0 Å². The maximum atomic E-state index is 10.9. The fourth-order valence-electron chi connectivity index (χ4n) is 1.53. The van der Waals surface area contributed by atoms with Crippen LogP contribution in [0.2, 0.25) is 0 Å². The largest absolute Gasteiger partial charge is 0.488 e. The van der Waals surface area contributed by atoms with Crippen molar-refractivity contribution in [1.82, 2.24) is 0 Å². The molecule has 4 nitrogen and oxygen atoms in total. The molecule has 0 saturated heterocycles. The van der Waals surface area contributed by atoms with Gasteiger partial charge in [-0.2, -0.15) is 0 Å².